The second-order valence-electron chi connectivity index (χ2n) is 7.98. The lowest BCUT2D eigenvalue weighted by Gasteiger charge is -2.33. The van der Waals surface area contributed by atoms with Crippen molar-refractivity contribution in [2.24, 2.45) is 0 Å². The predicted molar refractivity (Wildman–Crippen MR) is 125 cm³/mol. The van der Waals surface area contributed by atoms with Crippen molar-refractivity contribution in [3.05, 3.63) is 87.9 Å². The number of morpholine rings is 1. The maximum absolute atomic E-state index is 13.2. The number of halogens is 4. The Kier molecular flexibility index (Phi) is 7.26. The second-order valence-corrected chi connectivity index (χ2v) is 8.84. The molecular weight excluding hydrogens is 498 g/mol. The standard InChI is InChI=1S/C24H22BBrF3NO3/c26-22-7-2-1-4-19(22)14-30-10-11-33-23(15-30)18-6-3-5-16(12-18)17-8-9-20(24(27,28)29)21(13-17)25(31)32/h1-9,12-13,23,31-32H,10-11,14-15H2. The Morgan fingerprint density at radius 1 is 1.00 bits per heavy atom. The molecule has 33 heavy (non-hydrogen) atoms. The smallest absolute Gasteiger partial charge is 0.423 e. The highest BCUT2D eigenvalue weighted by molar-refractivity contribution is 9.10. The molecule has 0 amide bonds. The van der Waals surface area contributed by atoms with Crippen LogP contribution in [-0.2, 0) is 17.5 Å². The van der Waals surface area contributed by atoms with Crippen LogP contribution in [0.3, 0.4) is 0 Å². The number of ether oxygens (including phenoxy) is 1. The van der Waals surface area contributed by atoms with Crippen LogP contribution in [0.2, 0.25) is 0 Å². The quantitative estimate of drug-likeness (QED) is 0.491. The molecule has 0 spiro atoms. The maximum atomic E-state index is 13.2. The molecule has 9 heteroatoms. The molecule has 0 aliphatic carbocycles. The summed E-state index contributed by atoms with van der Waals surface area (Å²) < 4.78 is 46.7. The molecule has 4 nitrogen and oxygen atoms in total. The molecule has 1 atom stereocenters. The van der Waals surface area contributed by atoms with E-state index in [0.29, 0.717) is 24.3 Å². The first kappa shape index (κ1) is 24.0. The Morgan fingerprint density at radius 2 is 1.76 bits per heavy atom. The minimum atomic E-state index is -4.67. The first-order valence-corrected chi connectivity index (χ1v) is 11.3. The minimum absolute atomic E-state index is 0.182. The average molecular weight is 520 g/mol. The second kappa shape index (κ2) is 9.99. The SMILES string of the molecule is OB(O)c1cc(-c2cccc(C3CN(Cc4ccccc4Br)CCO3)c2)ccc1C(F)(F)F. The van der Waals surface area contributed by atoms with Crippen molar-refractivity contribution in [3.8, 4) is 11.1 Å². The Labute approximate surface area is 198 Å². The van der Waals surface area contributed by atoms with Gasteiger partial charge in [-0.2, -0.15) is 13.2 Å². The van der Waals surface area contributed by atoms with E-state index in [1.165, 1.54) is 17.7 Å². The molecule has 0 radical (unpaired) electrons. The van der Waals surface area contributed by atoms with Crippen LogP contribution >= 0.6 is 15.9 Å². The normalized spacial score (nSPS) is 17.2. The first-order valence-electron chi connectivity index (χ1n) is 10.5. The molecule has 172 valence electrons. The summed E-state index contributed by atoms with van der Waals surface area (Å²) in [6, 6.07) is 18.9. The molecule has 0 bridgehead atoms. The predicted octanol–water partition coefficient (Wildman–Crippen LogP) is 4.39. The average Bonchev–Trinajstić information content (AvgIpc) is 2.80. The molecule has 1 fully saturated rings. The zero-order valence-electron chi connectivity index (χ0n) is 17.6. The molecule has 1 aliphatic rings. The van der Waals surface area contributed by atoms with Crippen LogP contribution in [0.1, 0.15) is 22.8 Å². The molecule has 2 N–H and O–H groups in total. The summed E-state index contributed by atoms with van der Waals surface area (Å²) in [4.78, 5) is 2.30. The molecule has 1 saturated heterocycles. The number of nitrogens with zero attached hydrogens (tertiary/aromatic N) is 1. The molecule has 4 rings (SSSR count). The van der Waals surface area contributed by atoms with Gasteiger partial charge >= 0.3 is 13.3 Å². The van der Waals surface area contributed by atoms with Crippen LogP contribution in [0.25, 0.3) is 11.1 Å². The van der Waals surface area contributed by atoms with E-state index < -0.39 is 24.3 Å². The highest BCUT2D eigenvalue weighted by Gasteiger charge is 2.36. The van der Waals surface area contributed by atoms with Gasteiger partial charge < -0.3 is 14.8 Å². The number of benzene rings is 3. The van der Waals surface area contributed by atoms with Crippen LogP contribution in [0.4, 0.5) is 13.2 Å². The third kappa shape index (κ3) is 5.67. The summed E-state index contributed by atoms with van der Waals surface area (Å²) in [6.45, 7) is 2.82. The Morgan fingerprint density at radius 3 is 2.48 bits per heavy atom. The van der Waals surface area contributed by atoms with E-state index in [4.69, 9.17) is 4.74 Å². The van der Waals surface area contributed by atoms with Gasteiger partial charge in [0.25, 0.3) is 0 Å². The molecule has 1 aliphatic heterocycles. The third-order valence-electron chi connectivity index (χ3n) is 5.73. The van der Waals surface area contributed by atoms with Crippen molar-refractivity contribution in [2.45, 2.75) is 18.8 Å². The van der Waals surface area contributed by atoms with Crippen LogP contribution in [-0.4, -0.2) is 41.8 Å². The third-order valence-corrected chi connectivity index (χ3v) is 6.50. The van der Waals surface area contributed by atoms with E-state index in [2.05, 4.69) is 26.9 Å². The fraction of sp³-hybridized carbons (Fsp3) is 0.250. The lowest BCUT2D eigenvalue weighted by atomic mass is 9.75. The Bertz CT molecular complexity index is 1130. The molecular formula is C24H22BBrF3NO3. The summed E-state index contributed by atoms with van der Waals surface area (Å²) in [5.41, 5.74) is 1.61. The number of hydrogen-bond acceptors (Lipinski definition) is 4. The van der Waals surface area contributed by atoms with Gasteiger partial charge in [0.2, 0.25) is 0 Å². The van der Waals surface area contributed by atoms with Crippen molar-refractivity contribution in [2.75, 3.05) is 19.7 Å². The summed E-state index contributed by atoms with van der Waals surface area (Å²) in [7, 11) is -2.22. The summed E-state index contributed by atoms with van der Waals surface area (Å²) in [5, 5.41) is 19.0. The van der Waals surface area contributed by atoms with Gasteiger partial charge in [-0.15, -0.1) is 0 Å². The Hall–Kier alpha value is -2.17. The molecule has 1 heterocycles. The van der Waals surface area contributed by atoms with Crippen LogP contribution < -0.4 is 5.46 Å². The minimum Gasteiger partial charge on any atom is -0.423 e. The van der Waals surface area contributed by atoms with Crippen molar-refractivity contribution in [1.82, 2.24) is 4.90 Å². The van der Waals surface area contributed by atoms with Crippen LogP contribution in [0.5, 0.6) is 0 Å². The van der Waals surface area contributed by atoms with Gasteiger partial charge in [0.1, 0.15) is 0 Å². The van der Waals surface area contributed by atoms with Crippen molar-refractivity contribution >= 4 is 28.5 Å². The van der Waals surface area contributed by atoms with Gasteiger partial charge in [0, 0.05) is 24.1 Å². The summed E-state index contributed by atoms with van der Waals surface area (Å²) in [6.07, 6.45) is -4.86. The lowest BCUT2D eigenvalue weighted by molar-refractivity contribution is -0.136. The highest BCUT2D eigenvalue weighted by Crippen LogP contribution is 2.32. The fourth-order valence-electron chi connectivity index (χ4n) is 4.05. The molecule has 1 unspecified atom stereocenters. The van der Waals surface area contributed by atoms with E-state index in [1.807, 2.05) is 36.4 Å². The topological polar surface area (TPSA) is 52.9 Å². The fourth-order valence-corrected chi connectivity index (χ4v) is 4.46. The maximum Gasteiger partial charge on any atom is 0.489 e. The first-order chi connectivity index (χ1) is 15.7. The lowest BCUT2D eigenvalue weighted by Crippen LogP contribution is -2.37. The summed E-state index contributed by atoms with van der Waals surface area (Å²) in [5.74, 6) is 0. The monoisotopic (exact) mass is 519 g/mol. The van der Waals surface area contributed by atoms with Gasteiger partial charge in [-0.1, -0.05) is 64.5 Å². The van der Waals surface area contributed by atoms with Gasteiger partial charge in [-0.3, -0.25) is 4.90 Å². The number of alkyl halides is 3. The van der Waals surface area contributed by atoms with E-state index in [0.717, 1.165) is 29.2 Å². The molecule has 3 aromatic carbocycles. The van der Waals surface area contributed by atoms with Crippen molar-refractivity contribution < 1.29 is 28.0 Å². The number of hydrogen-bond donors (Lipinski definition) is 2. The van der Waals surface area contributed by atoms with E-state index >= 15 is 0 Å². The highest BCUT2D eigenvalue weighted by atomic mass is 79.9. The zero-order chi connectivity index (χ0) is 23.6. The van der Waals surface area contributed by atoms with Gasteiger partial charge in [-0.25, -0.2) is 0 Å². The van der Waals surface area contributed by atoms with Crippen molar-refractivity contribution in [3.63, 3.8) is 0 Å². The van der Waals surface area contributed by atoms with Gasteiger partial charge in [-0.05, 0) is 45.9 Å². The zero-order valence-corrected chi connectivity index (χ0v) is 19.2. The number of rotatable bonds is 5. The molecule has 0 saturated carbocycles. The largest absolute Gasteiger partial charge is 0.489 e. The molecule has 0 aromatic heterocycles. The van der Waals surface area contributed by atoms with E-state index in [-0.39, 0.29) is 6.10 Å². The molecule has 3 aromatic rings. The van der Waals surface area contributed by atoms with Crippen molar-refractivity contribution in [1.29, 1.82) is 0 Å². The summed E-state index contributed by atoms with van der Waals surface area (Å²) >= 11 is 3.59. The van der Waals surface area contributed by atoms with E-state index in [9.17, 15) is 23.2 Å². The van der Waals surface area contributed by atoms with Crippen LogP contribution in [0, 0.1) is 0 Å². The van der Waals surface area contributed by atoms with Gasteiger partial charge in [0.15, 0.2) is 0 Å². The Balaban J connectivity index is 1.57. The van der Waals surface area contributed by atoms with Crippen LogP contribution in [0.15, 0.2) is 71.2 Å². The van der Waals surface area contributed by atoms with Gasteiger partial charge in [0.05, 0.1) is 18.3 Å². The van der Waals surface area contributed by atoms with E-state index in [1.54, 1.807) is 6.07 Å².